The van der Waals surface area contributed by atoms with Crippen LogP contribution in [0, 0.1) is 6.07 Å². The van der Waals surface area contributed by atoms with Gasteiger partial charge < -0.3 is 21.7 Å². The Bertz CT molecular complexity index is 1580. The average molecular weight is 584 g/mol. The summed E-state index contributed by atoms with van der Waals surface area (Å²) in [5.41, 5.74) is 2.28. The zero-order chi connectivity index (χ0) is 25.6. The Hall–Kier alpha value is -3.44. The van der Waals surface area contributed by atoms with Crippen LogP contribution < -0.4 is 17.0 Å². The minimum Gasteiger partial charge on any atom is -1.00 e. The van der Waals surface area contributed by atoms with E-state index in [9.17, 15) is 4.79 Å². The molecule has 0 aliphatic carbocycles. The molecule has 0 aromatic heterocycles. The first-order valence-corrected chi connectivity index (χ1v) is 12.3. The molecule has 0 fully saturated rings. The first-order valence-electron chi connectivity index (χ1n) is 12.3. The molecule has 0 aliphatic rings. The molecular weight excluding hydrogens is 557 g/mol. The number of esters is 1. The second-order valence-electron chi connectivity index (χ2n) is 9.05. The fraction of sp³-hybridized carbons (Fsp3) is 0.0571. The molecule has 0 saturated heterocycles. The maximum Gasteiger partial charge on any atom is 2.00 e. The molecule has 6 rings (SSSR count). The number of fused-ring (bicyclic) bond motifs is 3. The van der Waals surface area contributed by atoms with E-state index < -0.39 is 6.10 Å². The minimum atomic E-state index is -0.483. The SMILES string of the molecule is C=C(C)C(=O)OC(c1ccc2ccccc2c1)c1ccc2ccccc2c1.[Br-].[Mg+2].[c-]1ccc2ccccc2c1. The summed E-state index contributed by atoms with van der Waals surface area (Å²) < 4.78 is 5.84. The maximum absolute atomic E-state index is 12.3. The van der Waals surface area contributed by atoms with E-state index in [1.165, 1.54) is 10.8 Å². The van der Waals surface area contributed by atoms with Crippen molar-refractivity contribution in [1.29, 1.82) is 0 Å². The third-order valence-electron chi connectivity index (χ3n) is 6.32. The van der Waals surface area contributed by atoms with Crippen molar-refractivity contribution >= 4 is 61.3 Å². The minimum absolute atomic E-state index is 0. The number of ether oxygens (including phenoxy) is 1. The molecule has 6 aromatic rings. The van der Waals surface area contributed by atoms with Crippen LogP contribution in [0.25, 0.3) is 32.3 Å². The number of benzene rings is 6. The number of halogens is 1. The van der Waals surface area contributed by atoms with Gasteiger partial charge >= 0.3 is 29.0 Å². The summed E-state index contributed by atoms with van der Waals surface area (Å²) in [5, 5.41) is 7.08. The molecule has 0 unspecified atom stereocenters. The van der Waals surface area contributed by atoms with E-state index in [0.29, 0.717) is 5.57 Å². The fourth-order valence-corrected chi connectivity index (χ4v) is 4.35. The standard InChI is InChI=1S/C25H20O2.C10H7.BrH.Mg/c1-17(2)25(26)27-24(22-13-11-18-7-3-5-9-20(18)15-22)23-14-12-19-8-4-6-10-21(19)16-23;1-2-6-10-8-4-3-7-9(10)5-1;;/h3-16,24H,1H2,2H3;1-3,5-8H;1H;/q;-1;;+2/p-1. The summed E-state index contributed by atoms with van der Waals surface area (Å²) in [7, 11) is 0. The Balaban J connectivity index is 0.000000295. The third-order valence-corrected chi connectivity index (χ3v) is 6.32. The number of carbonyl (C=O) groups is 1. The predicted octanol–water partition coefficient (Wildman–Crippen LogP) is 5.46. The monoisotopic (exact) mass is 582 g/mol. The molecular formula is C35H27BrMgO2. The van der Waals surface area contributed by atoms with Gasteiger partial charge in [-0.1, -0.05) is 97.6 Å². The molecule has 0 radical (unpaired) electrons. The van der Waals surface area contributed by atoms with Crippen LogP contribution in [0.5, 0.6) is 0 Å². The molecule has 188 valence electrons. The molecule has 0 saturated carbocycles. The Labute approximate surface area is 256 Å². The third kappa shape index (κ3) is 7.36. The first kappa shape index (κ1) is 30.1. The van der Waals surface area contributed by atoms with Crippen molar-refractivity contribution in [2.24, 2.45) is 0 Å². The summed E-state index contributed by atoms with van der Waals surface area (Å²) in [6.45, 7) is 5.39. The van der Waals surface area contributed by atoms with Crippen molar-refractivity contribution in [2.45, 2.75) is 13.0 Å². The van der Waals surface area contributed by atoms with Gasteiger partial charge in [0.15, 0.2) is 6.10 Å². The second-order valence-corrected chi connectivity index (χ2v) is 9.05. The van der Waals surface area contributed by atoms with E-state index in [0.717, 1.165) is 32.7 Å². The van der Waals surface area contributed by atoms with Gasteiger partial charge in [-0.3, -0.25) is 0 Å². The molecule has 0 heterocycles. The summed E-state index contributed by atoms with van der Waals surface area (Å²) in [4.78, 5) is 12.3. The van der Waals surface area contributed by atoms with Crippen LogP contribution in [0.1, 0.15) is 24.2 Å². The first-order chi connectivity index (χ1) is 18.1. The van der Waals surface area contributed by atoms with E-state index in [4.69, 9.17) is 4.74 Å². The van der Waals surface area contributed by atoms with Crippen LogP contribution >= 0.6 is 0 Å². The van der Waals surface area contributed by atoms with Gasteiger partial charge in [-0.25, -0.2) is 4.79 Å². The van der Waals surface area contributed by atoms with E-state index in [-0.39, 0.29) is 46.0 Å². The molecule has 0 bridgehead atoms. The summed E-state index contributed by atoms with van der Waals surface area (Å²) in [5.74, 6) is -0.388. The zero-order valence-corrected chi connectivity index (χ0v) is 24.8. The van der Waals surface area contributed by atoms with Crippen molar-refractivity contribution < 1.29 is 26.5 Å². The van der Waals surface area contributed by atoms with E-state index in [1.54, 1.807) is 6.92 Å². The van der Waals surface area contributed by atoms with Crippen LogP contribution in [0.3, 0.4) is 0 Å². The summed E-state index contributed by atoms with van der Waals surface area (Å²) in [6, 6.07) is 46.0. The Morgan fingerprint density at radius 3 is 1.56 bits per heavy atom. The van der Waals surface area contributed by atoms with Gasteiger partial charge in [0, 0.05) is 5.57 Å². The zero-order valence-electron chi connectivity index (χ0n) is 21.8. The number of carbonyl (C=O) groups excluding carboxylic acids is 1. The number of rotatable bonds is 4. The van der Waals surface area contributed by atoms with Gasteiger partial charge in [-0.15, -0.1) is 16.8 Å². The van der Waals surface area contributed by atoms with Crippen molar-refractivity contribution in [3.63, 3.8) is 0 Å². The van der Waals surface area contributed by atoms with Gasteiger partial charge in [-0.05, 0) is 51.7 Å². The van der Waals surface area contributed by atoms with Crippen molar-refractivity contribution in [3.05, 3.63) is 157 Å². The molecule has 0 spiro atoms. The number of hydrogen-bond acceptors (Lipinski definition) is 2. The Morgan fingerprint density at radius 1 is 0.667 bits per heavy atom. The summed E-state index contributed by atoms with van der Waals surface area (Å²) >= 11 is 0. The molecule has 39 heavy (non-hydrogen) atoms. The van der Waals surface area contributed by atoms with Crippen molar-refractivity contribution in [1.82, 2.24) is 0 Å². The smallest absolute Gasteiger partial charge is 1.00 e. The van der Waals surface area contributed by atoms with Gasteiger partial charge in [0.1, 0.15) is 0 Å². The van der Waals surface area contributed by atoms with Crippen molar-refractivity contribution in [3.8, 4) is 0 Å². The van der Waals surface area contributed by atoms with Gasteiger partial charge in [0.05, 0.1) is 0 Å². The quantitative estimate of drug-likeness (QED) is 0.119. The molecule has 0 aliphatic heterocycles. The molecule has 0 atom stereocenters. The van der Waals surface area contributed by atoms with E-state index in [1.807, 2.05) is 60.7 Å². The Morgan fingerprint density at radius 2 is 1.10 bits per heavy atom. The van der Waals surface area contributed by atoms with Crippen LogP contribution in [0.2, 0.25) is 0 Å². The van der Waals surface area contributed by atoms with Crippen LogP contribution in [-0.2, 0) is 9.53 Å². The van der Waals surface area contributed by atoms with Gasteiger partial charge in [-0.2, -0.15) is 24.3 Å². The maximum atomic E-state index is 12.3. The normalized spacial score (nSPS) is 10.2. The second kappa shape index (κ2) is 14.1. The van der Waals surface area contributed by atoms with Gasteiger partial charge in [0.25, 0.3) is 0 Å². The molecule has 0 amide bonds. The average Bonchev–Trinajstić information content (AvgIpc) is 2.95. The van der Waals surface area contributed by atoms with E-state index in [2.05, 4.69) is 79.4 Å². The topological polar surface area (TPSA) is 26.3 Å². The van der Waals surface area contributed by atoms with Crippen LogP contribution in [-0.4, -0.2) is 29.0 Å². The molecule has 2 nitrogen and oxygen atoms in total. The van der Waals surface area contributed by atoms with Crippen LogP contribution in [0.15, 0.2) is 140 Å². The van der Waals surface area contributed by atoms with E-state index >= 15 is 0 Å². The largest absolute Gasteiger partial charge is 2.00 e. The van der Waals surface area contributed by atoms with Gasteiger partial charge in [0.2, 0.25) is 0 Å². The summed E-state index contributed by atoms with van der Waals surface area (Å²) in [6.07, 6.45) is -0.483. The molecule has 0 N–H and O–H groups in total. The predicted molar refractivity (Wildman–Crippen MR) is 159 cm³/mol. The van der Waals surface area contributed by atoms with Crippen LogP contribution in [0.4, 0.5) is 0 Å². The number of hydrogen-bond donors (Lipinski definition) is 0. The fourth-order valence-electron chi connectivity index (χ4n) is 4.35. The Kier molecular flexibility index (Phi) is 10.9. The van der Waals surface area contributed by atoms with Crippen molar-refractivity contribution in [2.75, 3.05) is 0 Å². The molecule has 6 aromatic carbocycles. The molecule has 4 heteroatoms.